The summed E-state index contributed by atoms with van der Waals surface area (Å²) in [6, 6.07) is 0. The van der Waals surface area contributed by atoms with Crippen molar-refractivity contribution in [2.45, 2.75) is 12.8 Å². The number of methoxy groups -OCH3 is 1. The van der Waals surface area contributed by atoms with Gasteiger partial charge in [-0.2, -0.15) is 0 Å². The molecule has 4 aliphatic carbocycles. The predicted octanol–water partition coefficient (Wildman–Crippen LogP) is 0.630. The van der Waals surface area contributed by atoms with Crippen LogP contribution in [0.3, 0.4) is 0 Å². The maximum absolute atomic E-state index is 11.5. The Hall–Kier alpha value is -0.860. The molecule has 3 heteroatoms. The Morgan fingerprint density at radius 3 is 2.77 bits per heavy atom. The van der Waals surface area contributed by atoms with E-state index in [4.69, 9.17) is 0 Å². The molecule has 0 N–H and O–H groups in total. The lowest BCUT2D eigenvalue weighted by Gasteiger charge is -2.10. The fourth-order valence-corrected chi connectivity index (χ4v) is 3.55. The molecule has 5 atom stereocenters. The van der Waals surface area contributed by atoms with Gasteiger partial charge >= 0.3 is 5.97 Å². The first-order chi connectivity index (χ1) is 6.24. The van der Waals surface area contributed by atoms with Crippen molar-refractivity contribution in [3.63, 3.8) is 0 Å². The van der Waals surface area contributed by atoms with E-state index in [1.54, 1.807) is 0 Å². The summed E-state index contributed by atoms with van der Waals surface area (Å²) in [6.45, 7) is 0. The fourth-order valence-electron chi connectivity index (χ4n) is 3.55. The summed E-state index contributed by atoms with van der Waals surface area (Å²) in [6.07, 6.45) is 1.51. The van der Waals surface area contributed by atoms with E-state index in [1.165, 1.54) is 7.11 Å². The van der Waals surface area contributed by atoms with Gasteiger partial charge in [-0.15, -0.1) is 0 Å². The normalized spacial score (nSPS) is 49.6. The SMILES string of the molecule is COC(=O)CC1C2CC3C(C2=O)C13. The molecule has 0 aliphatic heterocycles. The summed E-state index contributed by atoms with van der Waals surface area (Å²) in [5, 5.41) is 0. The van der Waals surface area contributed by atoms with Crippen molar-refractivity contribution < 1.29 is 14.3 Å². The van der Waals surface area contributed by atoms with Gasteiger partial charge in [-0.25, -0.2) is 0 Å². The van der Waals surface area contributed by atoms with Crippen LogP contribution in [0.15, 0.2) is 0 Å². The Morgan fingerprint density at radius 2 is 2.38 bits per heavy atom. The number of hydrogen-bond donors (Lipinski definition) is 0. The van der Waals surface area contributed by atoms with Crippen LogP contribution in [0.1, 0.15) is 12.8 Å². The van der Waals surface area contributed by atoms with Gasteiger partial charge in [0.05, 0.1) is 7.11 Å². The van der Waals surface area contributed by atoms with E-state index in [-0.39, 0.29) is 11.9 Å². The van der Waals surface area contributed by atoms with Gasteiger partial charge in [-0.05, 0) is 24.2 Å². The highest BCUT2D eigenvalue weighted by Crippen LogP contribution is 2.71. The summed E-state index contributed by atoms with van der Waals surface area (Å²) in [5.41, 5.74) is 0. The minimum atomic E-state index is -0.156. The number of Topliss-reactive ketones (excluding diaryl/α,β-unsaturated/α-hetero) is 1. The van der Waals surface area contributed by atoms with Gasteiger partial charge in [0, 0.05) is 18.3 Å². The van der Waals surface area contributed by atoms with Crippen LogP contribution in [0.25, 0.3) is 0 Å². The minimum absolute atomic E-state index is 0.156. The van der Waals surface area contributed by atoms with Gasteiger partial charge in [0.2, 0.25) is 0 Å². The van der Waals surface area contributed by atoms with Crippen LogP contribution < -0.4 is 0 Å². The quantitative estimate of drug-likeness (QED) is 0.585. The molecule has 0 amide bonds. The van der Waals surface area contributed by atoms with Crippen molar-refractivity contribution in [3.8, 4) is 0 Å². The molecule has 0 aromatic carbocycles. The first kappa shape index (κ1) is 7.54. The van der Waals surface area contributed by atoms with Crippen LogP contribution in [0.4, 0.5) is 0 Å². The third-order valence-corrected chi connectivity index (χ3v) is 4.09. The van der Waals surface area contributed by atoms with Crippen LogP contribution in [-0.2, 0) is 14.3 Å². The molecule has 4 fully saturated rings. The highest BCUT2D eigenvalue weighted by atomic mass is 16.5. The van der Waals surface area contributed by atoms with Crippen LogP contribution in [0.5, 0.6) is 0 Å². The van der Waals surface area contributed by atoms with Crippen molar-refractivity contribution in [1.29, 1.82) is 0 Å². The van der Waals surface area contributed by atoms with E-state index in [1.807, 2.05) is 0 Å². The van der Waals surface area contributed by atoms with Crippen molar-refractivity contribution in [3.05, 3.63) is 0 Å². The molecule has 4 rings (SSSR count). The number of carbonyl (C=O) groups is 2. The van der Waals surface area contributed by atoms with E-state index in [0.717, 1.165) is 6.42 Å². The summed E-state index contributed by atoms with van der Waals surface area (Å²) in [5.74, 6) is 2.36. The van der Waals surface area contributed by atoms with E-state index >= 15 is 0 Å². The van der Waals surface area contributed by atoms with Crippen molar-refractivity contribution in [1.82, 2.24) is 0 Å². The number of carbonyl (C=O) groups excluding carboxylic acids is 2. The van der Waals surface area contributed by atoms with Gasteiger partial charge in [0.25, 0.3) is 0 Å². The average Bonchev–Trinajstić information content (AvgIpc) is 2.44. The number of esters is 1. The van der Waals surface area contributed by atoms with Gasteiger partial charge < -0.3 is 4.74 Å². The second-order valence-corrected chi connectivity index (χ2v) is 4.46. The second kappa shape index (κ2) is 2.14. The largest absolute Gasteiger partial charge is 0.469 e. The molecule has 0 aromatic heterocycles. The Labute approximate surface area is 76.4 Å². The standard InChI is InChI=1S/C10H12O3/c1-13-7(11)3-4-5-2-6-8(4)9(6)10(5)12/h4-6,8-9H,2-3H2,1H3. The van der Waals surface area contributed by atoms with Gasteiger partial charge in [0.15, 0.2) is 0 Å². The molecule has 0 saturated heterocycles. The van der Waals surface area contributed by atoms with Crippen LogP contribution in [0, 0.1) is 29.6 Å². The first-order valence-corrected chi connectivity index (χ1v) is 4.84. The monoisotopic (exact) mass is 180 g/mol. The smallest absolute Gasteiger partial charge is 0.305 e. The summed E-state index contributed by atoms with van der Waals surface area (Å²) in [4.78, 5) is 22.6. The molecule has 3 nitrogen and oxygen atoms in total. The Balaban J connectivity index is 1.75. The van der Waals surface area contributed by atoms with Crippen molar-refractivity contribution >= 4 is 11.8 Å². The number of ether oxygens (including phenoxy) is 1. The molecule has 13 heavy (non-hydrogen) atoms. The summed E-state index contributed by atoms with van der Waals surface area (Å²) >= 11 is 0. The highest BCUT2D eigenvalue weighted by molar-refractivity contribution is 5.93. The third-order valence-electron chi connectivity index (χ3n) is 4.09. The molecule has 5 unspecified atom stereocenters. The Morgan fingerprint density at radius 1 is 1.62 bits per heavy atom. The lowest BCUT2D eigenvalue weighted by atomic mass is 9.94. The molecule has 0 radical (unpaired) electrons. The zero-order chi connectivity index (χ0) is 9.16. The van der Waals surface area contributed by atoms with Crippen molar-refractivity contribution in [2.24, 2.45) is 29.6 Å². The number of rotatable bonds is 2. The molecule has 4 saturated carbocycles. The molecule has 70 valence electrons. The average molecular weight is 180 g/mol. The number of hydrogen-bond acceptors (Lipinski definition) is 3. The van der Waals surface area contributed by atoms with Gasteiger partial charge in [-0.1, -0.05) is 0 Å². The molecule has 0 aromatic rings. The molecular weight excluding hydrogens is 168 g/mol. The maximum atomic E-state index is 11.5. The second-order valence-electron chi connectivity index (χ2n) is 4.46. The molecule has 4 aliphatic rings. The number of ketones is 1. The lowest BCUT2D eigenvalue weighted by Crippen LogP contribution is -2.16. The zero-order valence-electron chi connectivity index (χ0n) is 7.53. The van der Waals surface area contributed by atoms with E-state index in [9.17, 15) is 9.59 Å². The topological polar surface area (TPSA) is 43.4 Å². The van der Waals surface area contributed by atoms with E-state index < -0.39 is 0 Å². The Bertz CT molecular complexity index is 297. The molecule has 4 bridgehead atoms. The summed E-state index contributed by atoms with van der Waals surface area (Å²) < 4.78 is 4.63. The van der Waals surface area contributed by atoms with Gasteiger partial charge in [-0.3, -0.25) is 9.59 Å². The van der Waals surface area contributed by atoms with Gasteiger partial charge in [0.1, 0.15) is 5.78 Å². The zero-order valence-corrected chi connectivity index (χ0v) is 7.53. The molecular formula is C10H12O3. The van der Waals surface area contributed by atoms with E-state index in [0.29, 0.717) is 35.9 Å². The highest BCUT2D eigenvalue weighted by Gasteiger charge is 2.73. The van der Waals surface area contributed by atoms with Crippen LogP contribution in [-0.4, -0.2) is 18.9 Å². The van der Waals surface area contributed by atoms with Crippen molar-refractivity contribution in [2.75, 3.05) is 7.11 Å². The predicted molar refractivity (Wildman–Crippen MR) is 43.7 cm³/mol. The molecule has 0 spiro atoms. The van der Waals surface area contributed by atoms with E-state index in [2.05, 4.69) is 4.74 Å². The summed E-state index contributed by atoms with van der Waals surface area (Å²) in [7, 11) is 1.41. The first-order valence-electron chi connectivity index (χ1n) is 4.84. The van der Waals surface area contributed by atoms with Crippen LogP contribution in [0.2, 0.25) is 0 Å². The Kier molecular flexibility index (Phi) is 1.24. The molecule has 0 heterocycles. The van der Waals surface area contributed by atoms with Crippen LogP contribution >= 0.6 is 0 Å². The third kappa shape index (κ3) is 0.754. The lowest BCUT2D eigenvalue weighted by molar-refractivity contribution is -0.142. The fraction of sp³-hybridized carbons (Fsp3) is 0.800. The maximum Gasteiger partial charge on any atom is 0.305 e. The minimum Gasteiger partial charge on any atom is -0.469 e.